The molecule has 1 heterocycles. The van der Waals surface area contributed by atoms with E-state index in [0.717, 1.165) is 18.4 Å². The molecule has 2 aliphatic carbocycles. The largest absolute Gasteiger partial charge is 0.447 e. The third kappa shape index (κ3) is 2.23. The predicted molar refractivity (Wildman–Crippen MR) is 81.0 cm³/mol. The van der Waals surface area contributed by atoms with Crippen molar-refractivity contribution in [1.82, 2.24) is 4.90 Å². The summed E-state index contributed by atoms with van der Waals surface area (Å²) in [7, 11) is 0. The lowest BCUT2D eigenvalue weighted by Crippen LogP contribution is -2.44. The number of ether oxygens (including phenoxy) is 1. The zero-order valence-corrected chi connectivity index (χ0v) is 12.4. The van der Waals surface area contributed by atoms with Gasteiger partial charge in [-0.05, 0) is 36.7 Å². The second-order valence-electron chi connectivity index (χ2n) is 6.52. The molecular weight excluding hydrogens is 278 g/mol. The highest BCUT2D eigenvalue weighted by Gasteiger charge is 2.47. The van der Waals surface area contributed by atoms with Gasteiger partial charge in [-0.15, -0.1) is 0 Å². The lowest BCUT2D eigenvalue weighted by molar-refractivity contribution is -0.134. The fourth-order valence-corrected chi connectivity index (χ4v) is 4.01. The molecular formula is C18H19NO3. The number of nitrogens with zero attached hydrogens (tertiary/aromatic N) is 1. The summed E-state index contributed by atoms with van der Waals surface area (Å²) >= 11 is 0. The molecule has 4 heteroatoms. The number of imide groups is 1. The summed E-state index contributed by atoms with van der Waals surface area (Å²) in [6.45, 7) is 0.302. The molecule has 1 aromatic carbocycles. The highest BCUT2D eigenvalue weighted by atomic mass is 16.6. The van der Waals surface area contributed by atoms with E-state index in [9.17, 15) is 9.59 Å². The minimum atomic E-state index is -0.474. The molecule has 1 aliphatic heterocycles. The standard InChI is InChI=1S/C18H19NO3/c20-17(16-10-13-6-7-14(16)8-13)19-15(11-22-18(19)21)9-12-4-2-1-3-5-12/h1-7,13-16H,8-11H2/t13-,14+,15+,16-/m1/s1. The van der Waals surface area contributed by atoms with E-state index in [1.165, 1.54) is 4.90 Å². The van der Waals surface area contributed by atoms with Gasteiger partial charge < -0.3 is 4.74 Å². The van der Waals surface area contributed by atoms with Gasteiger partial charge in [-0.1, -0.05) is 42.5 Å². The van der Waals surface area contributed by atoms with Crippen LogP contribution in [0.15, 0.2) is 42.5 Å². The number of carbonyl (C=O) groups excluding carboxylic acids is 2. The van der Waals surface area contributed by atoms with Crippen LogP contribution in [0.2, 0.25) is 0 Å². The molecule has 0 aromatic heterocycles. The first-order valence-corrected chi connectivity index (χ1v) is 7.94. The summed E-state index contributed by atoms with van der Waals surface area (Å²) in [5.74, 6) is 0.743. The fourth-order valence-electron chi connectivity index (χ4n) is 4.01. The summed E-state index contributed by atoms with van der Waals surface area (Å²) in [4.78, 5) is 26.3. The molecule has 0 radical (unpaired) electrons. The van der Waals surface area contributed by atoms with Crippen LogP contribution in [0, 0.1) is 17.8 Å². The molecule has 22 heavy (non-hydrogen) atoms. The van der Waals surface area contributed by atoms with Crippen molar-refractivity contribution in [3.63, 3.8) is 0 Å². The molecule has 1 saturated carbocycles. The van der Waals surface area contributed by atoms with Crippen molar-refractivity contribution in [2.24, 2.45) is 17.8 Å². The molecule has 4 rings (SSSR count). The van der Waals surface area contributed by atoms with Crippen molar-refractivity contribution in [2.75, 3.05) is 6.61 Å². The van der Waals surface area contributed by atoms with Gasteiger partial charge in [-0.25, -0.2) is 9.69 Å². The van der Waals surface area contributed by atoms with Gasteiger partial charge in [0.25, 0.3) is 0 Å². The first-order chi connectivity index (χ1) is 10.7. The molecule has 2 amide bonds. The number of fused-ring (bicyclic) bond motifs is 2. The lowest BCUT2D eigenvalue weighted by Gasteiger charge is -2.25. The van der Waals surface area contributed by atoms with Crippen molar-refractivity contribution in [2.45, 2.75) is 25.3 Å². The van der Waals surface area contributed by atoms with E-state index in [1.807, 2.05) is 30.3 Å². The smallest absolute Gasteiger partial charge is 0.416 e. The molecule has 0 unspecified atom stereocenters. The number of carbonyl (C=O) groups is 2. The number of amides is 2. The summed E-state index contributed by atoms with van der Waals surface area (Å²) in [6.07, 6.45) is 6.47. The monoisotopic (exact) mass is 297 g/mol. The molecule has 2 bridgehead atoms. The summed E-state index contributed by atoms with van der Waals surface area (Å²) in [5, 5.41) is 0. The van der Waals surface area contributed by atoms with E-state index in [2.05, 4.69) is 12.2 Å². The van der Waals surface area contributed by atoms with Crippen LogP contribution in [-0.4, -0.2) is 29.5 Å². The Kier molecular flexibility index (Phi) is 3.25. The first kappa shape index (κ1) is 13.6. The van der Waals surface area contributed by atoms with Gasteiger partial charge in [0.05, 0.1) is 6.04 Å². The Balaban J connectivity index is 1.52. The minimum absolute atomic E-state index is 0.0414. The third-order valence-electron chi connectivity index (χ3n) is 5.11. The first-order valence-electron chi connectivity index (χ1n) is 7.94. The third-order valence-corrected chi connectivity index (χ3v) is 5.11. The second kappa shape index (κ2) is 5.27. The lowest BCUT2D eigenvalue weighted by atomic mass is 9.91. The van der Waals surface area contributed by atoms with Crippen molar-refractivity contribution in [1.29, 1.82) is 0 Å². The van der Waals surface area contributed by atoms with E-state index in [4.69, 9.17) is 4.74 Å². The number of hydrogen-bond acceptors (Lipinski definition) is 3. The van der Waals surface area contributed by atoms with Gasteiger partial charge in [0.15, 0.2) is 0 Å². The number of cyclic esters (lactones) is 1. The maximum absolute atomic E-state index is 12.8. The molecule has 114 valence electrons. The van der Waals surface area contributed by atoms with Crippen LogP contribution in [0.5, 0.6) is 0 Å². The maximum atomic E-state index is 12.8. The van der Waals surface area contributed by atoms with Crippen LogP contribution in [0.1, 0.15) is 18.4 Å². The Labute approximate surface area is 129 Å². The van der Waals surface area contributed by atoms with E-state index in [-0.39, 0.29) is 17.9 Å². The SMILES string of the molecule is O=C1OC[C@H](Cc2ccccc2)N1C(=O)[C@@H]1C[C@@H]2C=C[C@H]1C2. The normalized spacial score (nSPS) is 32.5. The number of rotatable bonds is 3. The average Bonchev–Trinajstić information content (AvgIpc) is 3.24. The molecule has 4 atom stereocenters. The second-order valence-corrected chi connectivity index (χ2v) is 6.52. The van der Waals surface area contributed by atoms with E-state index in [1.54, 1.807) is 0 Å². The predicted octanol–water partition coefficient (Wildman–Crippen LogP) is 2.79. The summed E-state index contributed by atoms with van der Waals surface area (Å²) < 4.78 is 5.16. The minimum Gasteiger partial charge on any atom is -0.447 e. The maximum Gasteiger partial charge on any atom is 0.416 e. The molecule has 4 nitrogen and oxygen atoms in total. The van der Waals surface area contributed by atoms with Gasteiger partial charge in [-0.2, -0.15) is 0 Å². The summed E-state index contributed by atoms with van der Waals surface area (Å²) in [5.41, 5.74) is 1.12. The number of allylic oxidation sites excluding steroid dienone is 2. The quantitative estimate of drug-likeness (QED) is 0.806. The highest BCUT2D eigenvalue weighted by molar-refractivity contribution is 5.95. The van der Waals surface area contributed by atoms with Gasteiger partial charge >= 0.3 is 6.09 Å². The molecule has 2 fully saturated rings. The number of benzene rings is 1. The highest BCUT2D eigenvalue weighted by Crippen LogP contribution is 2.44. The molecule has 1 saturated heterocycles. The molecule has 3 aliphatic rings. The topological polar surface area (TPSA) is 46.6 Å². The Morgan fingerprint density at radius 2 is 2.00 bits per heavy atom. The van der Waals surface area contributed by atoms with E-state index in [0.29, 0.717) is 24.9 Å². The van der Waals surface area contributed by atoms with Crippen LogP contribution < -0.4 is 0 Å². The van der Waals surface area contributed by atoms with E-state index >= 15 is 0 Å². The van der Waals surface area contributed by atoms with Crippen molar-refractivity contribution in [3.8, 4) is 0 Å². The zero-order chi connectivity index (χ0) is 15.1. The van der Waals surface area contributed by atoms with E-state index < -0.39 is 6.09 Å². The van der Waals surface area contributed by atoms with Crippen LogP contribution in [-0.2, 0) is 16.0 Å². The van der Waals surface area contributed by atoms with Crippen LogP contribution in [0.3, 0.4) is 0 Å². The number of hydrogen-bond donors (Lipinski definition) is 0. The Bertz CT molecular complexity index is 624. The fraction of sp³-hybridized carbons (Fsp3) is 0.444. The van der Waals surface area contributed by atoms with Gasteiger partial charge in [0.2, 0.25) is 5.91 Å². The van der Waals surface area contributed by atoms with Crippen molar-refractivity contribution < 1.29 is 14.3 Å². The molecule has 0 N–H and O–H groups in total. The average molecular weight is 297 g/mol. The van der Waals surface area contributed by atoms with Crippen LogP contribution in [0.25, 0.3) is 0 Å². The van der Waals surface area contributed by atoms with Gasteiger partial charge in [0.1, 0.15) is 6.61 Å². The molecule has 0 spiro atoms. The van der Waals surface area contributed by atoms with Crippen LogP contribution >= 0.6 is 0 Å². The van der Waals surface area contributed by atoms with Gasteiger partial charge in [0, 0.05) is 5.92 Å². The van der Waals surface area contributed by atoms with Crippen molar-refractivity contribution >= 4 is 12.0 Å². The van der Waals surface area contributed by atoms with Crippen molar-refractivity contribution in [3.05, 3.63) is 48.0 Å². The van der Waals surface area contributed by atoms with Crippen LogP contribution in [0.4, 0.5) is 4.79 Å². The Hall–Kier alpha value is -2.10. The molecule has 1 aromatic rings. The van der Waals surface area contributed by atoms with Gasteiger partial charge in [-0.3, -0.25) is 4.79 Å². The summed E-state index contributed by atoms with van der Waals surface area (Å²) in [6, 6.07) is 9.77. The Morgan fingerprint density at radius 1 is 1.18 bits per heavy atom. The zero-order valence-electron chi connectivity index (χ0n) is 12.4. The Morgan fingerprint density at radius 3 is 2.68 bits per heavy atom.